The third-order valence-electron chi connectivity index (χ3n) is 4.70. The molecule has 2 fully saturated rings. The molecule has 120 valence electrons. The Morgan fingerprint density at radius 1 is 1.27 bits per heavy atom. The van der Waals surface area contributed by atoms with Gasteiger partial charge in [0.15, 0.2) is 0 Å². The maximum absolute atomic E-state index is 11.9. The van der Waals surface area contributed by atoms with Crippen molar-refractivity contribution in [1.29, 1.82) is 0 Å². The Morgan fingerprint density at radius 2 is 2.14 bits per heavy atom. The molecule has 0 N–H and O–H groups in total. The first-order chi connectivity index (χ1) is 10.6. The number of aromatic nitrogens is 1. The van der Waals surface area contributed by atoms with E-state index >= 15 is 0 Å². The van der Waals surface area contributed by atoms with Crippen LogP contribution in [0.2, 0.25) is 0 Å². The molecule has 0 radical (unpaired) electrons. The van der Waals surface area contributed by atoms with Gasteiger partial charge in [-0.25, -0.2) is 4.98 Å². The third-order valence-corrected chi connectivity index (χ3v) is 4.70. The molecule has 3 heterocycles. The Bertz CT molecular complexity index is 514. The average molecular weight is 302 g/mol. The minimum Gasteiger partial charge on any atom is -0.363 e. The fourth-order valence-electron chi connectivity index (χ4n) is 3.52. The molecule has 1 aromatic heterocycles. The summed E-state index contributed by atoms with van der Waals surface area (Å²) >= 11 is 0. The third kappa shape index (κ3) is 3.40. The van der Waals surface area contributed by atoms with Crippen LogP contribution in [-0.4, -0.2) is 60.5 Å². The van der Waals surface area contributed by atoms with Gasteiger partial charge in [-0.2, -0.15) is 0 Å². The molecule has 1 atom stereocenters. The first-order valence-corrected chi connectivity index (χ1v) is 8.27. The van der Waals surface area contributed by atoms with E-state index in [0.29, 0.717) is 11.9 Å². The SMILES string of the molecule is CN(C)c1ccc(CN2CCC[C@@H](N3CCCC3=O)C2)cn1. The average Bonchev–Trinajstić information content (AvgIpc) is 2.94. The number of piperidine rings is 1. The standard InChI is InChI=1S/C17H26N4O/c1-19(2)16-8-7-14(11-18-16)12-20-9-3-5-15(13-20)21-10-4-6-17(21)22/h7-8,11,15H,3-6,9-10,12-13H2,1-2H3/t15-/m1/s1. The molecule has 0 unspecified atom stereocenters. The number of hydrogen-bond donors (Lipinski definition) is 0. The van der Waals surface area contributed by atoms with Gasteiger partial charge in [-0.15, -0.1) is 0 Å². The summed E-state index contributed by atoms with van der Waals surface area (Å²) in [6.45, 7) is 4.00. The van der Waals surface area contributed by atoms with Gasteiger partial charge < -0.3 is 9.80 Å². The second-order valence-corrected chi connectivity index (χ2v) is 6.64. The van der Waals surface area contributed by atoms with E-state index in [9.17, 15) is 4.79 Å². The van der Waals surface area contributed by atoms with Crippen LogP contribution in [0, 0.1) is 0 Å². The van der Waals surface area contributed by atoms with Crippen molar-refractivity contribution in [3.05, 3.63) is 23.9 Å². The highest BCUT2D eigenvalue weighted by molar-refractivity contribution is 5.78. The van der Waals surface area contributed by atoms with E-state index in [1.54, 1.807) is 0 Å². The number of carbonyl (C=O) groups is 1. The Hall–Kier alpha value is -1.62. The Morgan fingerprint density at radius 3 is 2.77 bits per heavy atom. The highest BCUT2D eigenvalue weighted by atomic mass is 16.2. The van der Waals surface area contributed by atoms with Crippen molar-refractivity contribution >= 4 is 11.7 Å². The molecule has 0 spiro atoms. The van der Waals surface area contributed by atoms with Crippen LogP contribution in [0.5, 0.6) is 0 Å². The van der Waals surface area contributed by atoms with Crippen molar-refractivity contribution in [3.63, 3.8) is 0 Å². The lowest BCUT2D eigenvalue weighted by atomic mass is 10.0. The molecule has 5 heteroatoms. The summed E-state index contributed by atoms with van der Waals surface area (Å²) in [7, 11) is 4.01. The summed E-state index contributed by atoms with van der Waals surface area (Å²) < 4.78 is 0. The van der Waals surface area contributed by atoms with Crippen molar-refractivity contribution in [2.24, 2.45) is 0 Å². The topological polar surface area (TPSA) is 39.7 Å². The van der Waals surface area contributed by atoms with Crippen molar-refractivity contribution in [1.82, 2.24) is 14.8 Å². The van der Waals surface area contributed by atoms with Gasteiger partial charge in [0.05, 0.1) is 0 Å². The summed E-state index contributed by atoms with van der Waals surface area (Å²) in [6.07, 6.45) is 6.08. The molecule has 2 aliphatic rings. The second-order valence-electron chi connectivity index (χ2n) is 6.64. The maximum Gasteiger partial charge on any atom is 0.222 e. The minimum atomic E-state index is 0.351. The Labute approximate surface area is 132 Å². The van der Waals surface area contributed by atoms with Crippen molar-refractivity contribution in [2.75, 3.05) is 38.6 Å². The summed E-state index contributed by atoms with van der Waals surface area (Å²) in [5, 5.41) is 0. The van der Waals surface area contributed by atoms with E-state index < -0.39 is 0 Å². The fraction of sp³-hybridized carbons (Fsp3) is 0.647. The molecule has 22 heavy (non-hydrogen) atoms. The number of amides is 1. The predicted octanol–water partition coefficient (Wildman–Crippen LogP) is 1.73. The predicted molar refractivity (Wildman–Crippen MR) is 87.8 cm³/mol. The molecule has 1 aromatic rings. The van der Waals surface area contributed by atoms with E-state index in [0.717, 1.165) is 51.3 Å². The fourth-order valence-corrected chi connectivity index (χ4v) is 3.52. The van der Waals surface area contributed by atoms with Crippen LogP contribution in [0.4, 0.5) is 5.82 Å². The normalized spacial score (nSPS) is 23.1. The lowest BCUT2D eigenvalue weighted by Gasteiger charge is -2.37. The molecular formula is C17H26N4O. The van der Waals surface area contributed by atoms with E-state index in [1.807, 2.05) is 25.2 Å². The van der Waals surface area contributed by atoms with Gasteiger partial charge in [0.2, 0.25) is 5.91 Å². The number of hydrogen-bond acceptors (Lipinski definition) is 4. The molecule has 5 nitrogen and oxygen atoms in total. The highest BCUT2D eigenvalue weighted by Crippen LogP contribution is 2.22. The maximum atomic E-state index is 11.9. The van der Waals surface area contributed by atoms with Gasteiger partial charge in [0.1, 0.15) is 5.82 Å². The number of anilines is 1. The van der Waals surface area contributed by atoms with Crippen molar-refractivity contribution in [2.45, 2.75) is 38.3 Å². The monoisotopic (exact) mass is 302 g/mol. The molecule has 0 aliphatic carbocycles. The number of rotatable bonds is 4. The van der Waals surface area contributed by atoms with Crippen LogP contribution >= 0.6 is 0 Å². The van der Waals surface area contributed by atoms with Crippen LogP contribution < -0.4 is 4.90 Å². The first-order valence-electron chi connectivity index (χ1n) is 8.27. The molecule has 3 rings (SSSR count). The number of likely N-dealkylation sites (tertiary alicyclic amines) is 2. The number of carbonyl (C=O) groups excluding carboxylic acids is 1. The zero-order chi connectivity index (χ0) is 15.5. The number of nitrogens with zero attached hydrogens (tertiary/aromatic N) is 4. The summed E-state index contributed by atoms with van der Waals surface area (Å²) in [5.74, 6) is 1.34. The molecular weight excluding hydrogens is 276 g/mol. The molecule has 0 aromatic carbocycles. The van der Waals surface area contributed by atoms with Crippen LogP contribution in [0.15, 0.2) is 18.3 Å². The van der Waals surface area contributed by atoms with Gasteiger partial charge in [0, 0.05) is 52.4 Å². The van der Waals surface area contributed by atoms with Gasteiger partial charge in [-0.3, -0.25) is 9.69 Å². The van der Waals surface area contributed by atoms with Gasteiger partial charge in [-0.1, -0.05) is 6.07 Å². The van der Waals surface area contributed by atoms with E-state index in [-0.39, 0.29) is 0 Å². The first kappa shape index (κ1) is 15.3. The molecule has 1 amide bonds. The van der Waals surface area contributed by atoms with Crippen LogP contribution in [-0.2, 0) is 11.3 Å². The molecule has 0 bridgehead atoms. The van der Waals surface area contributed by atoms with Crippen LogP contribution in [0.3, 0.4) is 0 Å². The second kappa shape index (κ2) is 6.65. The van der Waals surface area contributed by atoms with E-state index in [2.05, 4.69) is 26.9 Å². The van der Waals surface area contributed by atoms with Crippen LogP contribution in [0.1, 0.15) is 31.2 Å². The van der Waals surface area contributed by atoms with Gasteiger partial charge >= 0.3 is 0 Å². The van der Waals surface area contributed by atoms with Gasteiger partial charge in [-0.05, 0) is 37.4 Å². The minimum absolute atomic E-state index is 0.351. The molecule has 0 saturated carbocycles. The summed E-state index contributed by atoms with van der Waals surface area (Å²) in [4.78, 5) is 23.0. The summed E-state index contributed by atoms with van der Waals surface area (Å²) in [5.41, 5.74) is 1.25. The van der Waals surface area contributed by atoms with Crippen LogP contribution in [0.25, 0.3) is 0 Å². The largest absolute Gasteiger partial charge is 0.363 e. The Balaban J connectivity index is 1.59. The highest BCUT2D eigenvalue weighted by Gasteiger charge is 2.31. The van der Waals surface area contributed by atoms with Crippen molar-refractivity contribution < 1.29 is 4.79 Å². The summed E-state index contributed by atoms with van der Waals surface area (Å²) in [6, 6.07) is 4.64. The zero-order valence-electron chi connectivity index (χ0n) is 13.7. The van der Waals surface area contributed by atoms with Gasteiger partial charge in [0.25, 0.3) is 0 Å². The Kier molecular flexibility index (Phi) is 4.62. The molecule has 2 saturated heterocycles. The van der Waals surface area contributed by atoms with Crippen molar-refractivity contribution in [3.8, 4) is 0 Å². The lowest BCUT2D eigenvalue weighted by molar-refractivity contribution is -0.130. The number of pyridine rings is 1. The zero-order valence-corrected chi connectivity index (χ0v) is 13.7. The quantitative estimate of drug-likeness (QED) is 0.849. The molecule has 2 aliphatic heterocycles. The van der Waals surface area contributed by atoms with E-state index in [1.165, 1.54) is 12.0 Å². The van der Waals surface area contributed by atoms with E-state index in [4.69, 9.17) is 0 Å². The smallest absolute Gasteiger partial charge is 0.222 e. The lowest BCUT2D eigenvalue weighted by Crippen LogP contribution is -2.48.